The Balaban J connectivity index is 0.000000186. The van der Waals surface area contributed by atoms with Gasteiger partial charge in [-0.2, -0.15) is 0 Å². The van der Waals surface area contributed by atoms with Gasteiger partial charge in [-0.25, -0.2) is 0 Å². The largest absolute Gasteiger partial charge is 0.494 e. The minimum atomic E-state index is -0.798. The van der Waals surface area contributed by atoms with Crippen molar-refractivity contribution in [1.29, 1.82) is 0 Å². The second-order valence-electron chi connectivity index (χ2n) is 14.6. The summed E-state index contributed by atoms with van der Waals surface area (Å²) in [5, 5.41) is 6.80. The van der Waals surface area contributed by atoms with Gasteiger partial charge in [-0.1, -0.05) is 25.7 Å². The van der Waals surface area contributed by atoms with Crippen molar-refractivity contribution in [2.75, 3.05) is 23.8 Å². The summed E-state index contributed by atoms with van der Waals surface area (Å²) in [4.78, 5) is 0. The molecule has 2 aromatic carbocycles. The summed E-state index contributed by atoms with van der Waals surface area (Å²) >= 11 is 5.30. The van der Waals surface area contributed by atoms with Crippen LogP contribution < -0.4 is 20.1 Å². The van der Waals surface area contributed by atoms with Crippen LogP contribution in [0.2, 0.25) is 0 Å². The number of nitrogens with one attached hydrogen (secondary N) is 2. The molecule has 0 spiro atoms. The van der Waals surface area contributed by atoms with Crippen LogP contribution in [0.4, 0.5) is 11.4 Å². The zero-order valence-electron chi connectivity index (χ0n) is 29.7. The van der Waals surface area contributed by atoms with E-state index in [9.17, 15) is 0 Å². The summed E-state index contributed by atoms with van der Waals surface area (Å²) in [6.45, 7) is 5.24. The van der Waals surface area contributed by atoms with Crippen molar-refractivity contribution < 1.29 is 9.47 Å². The molecule has 4 fully saturated rings. The molecule has 6 rings (SSSR count). The molecule has 47 heavy (non-hydrogen) atoms. The molecule has 260 valence electrons. The number of ether oxygens (including phenoxy) is 2. The van der Waals surface area contributed by atoms with Gasteiger partial charge in [0.15, 0.2) is 5.11 Å². The van der Waals surface area contributed by atoms with Crippen LogP contribution in [0.15, 0.2) is 48.5 Å². The van der Waals surface area contributed by atoms with Crippen molar-refractivity contribution in [3.05, 3.63) is 48.5 Å². The number of thiocarbonyl (C=S) groups is 1. The fourth-order valence-electron chi connectivity index (χ4n) is 9.80. The first kappa shape index (κ1) is 36.4. The maximum atomic E-state index is 5.40. The lowest BCUT2D eigenvalue weighted by molar-refractivity contribution is 0.340. The number of hydrogen-bond donors (Lipinski definition) is 2. The molecule has 0 aromatic heterocycles. The molecule has 0 amide bonds. The van der Waals surface area contributed by atoms with Crippen molar-refractivity contribution in [2.24, 2.45) is 0 Å². The number of anilines is 2. The Labute approximate surface area is 293 Å². The van der Waals surface area contributed by atoms with Crippen LogP contribution in [0.5, 0.6) is 11.5 Å². The molecule has 4 aliphatic rings. The molecular formula is C41H64N2O2PS+. The van der Waals surface area contributed by atoms with Crippen molar-refractivity contribution in [1.82, 2.24) is 0 Å². The lowest BCUT2D eigenvalue weighted by Gasteiger charge is -2.53. The van der Waals surface area contributed by atoms with Gasteiger partial charge in [0.1, 0.15) is 11.5 Å². The number of benzene rings is 2. The average molecular weight is 680 g/mol. The summed E-state index contributed by atoms with van der Waals surface area (Å²) in [7, 11) is -0.798. The van der Waals surface area contributed by atoms with Crippen LogP contribution in [0.1, 0.15) is 142 Å². The van der Waals surface area contributed by atoms with Gasteiger partial charge in [0, 0.05) is 18.6 Å². The average Bonchev–Trinajstić information content (AvgIpc) is 3.13. The number of rotatable bonds is 10. The summed E-state index contributed by atoms with van der Waals surface area (Å²) in [5.74, 6) is 1.69. The predicted molar refractivity (Wildman–Crippen MR) is 209 cm³/mol. The Kier molecular flexibility index (Phi) is 15.0. The molecule has 6 heteroatoms. The van der Waals surface area contributed by atoms with E-state index in [1.54, 1.807) is 128 Å². The minimum Gasteiger partial charge on any atom is -0.494 e. The van der Waals surface area contributed by atoms with Gasteiger partial charge in [0.25, 0.3) is 0 Å². The van der Waals surface area contributed by atoms with Crippen LogP contribution in [0.3, 0.4) is 0 Å². The van der Waals surface area contributed by atoms with E-state index in [0.29, 0.717) is 18.3 Å². The van der Waals surface area contributed by atoms with E-state index in [2.05, 4.69) is 10.6 Å². The molecule has 4 nitrogen and oxygen atoms in total. The zero-order valence-corrected chi connectivity index (χ0v) is 31.4. The predicted octanol–water partition coefficient (Wildman–Crippen LogP) is 12.6. The zero-order chi connectivity index (χ0) is 32.7. The molecule has 2 N–H and O–H groups in total. The Bertz CT molecular complexity index is 1030. The highest BCUT2D eigenvalue weighted by molar-refractivity contribution is 7.80. The smallest absolute Gasteiger partial charge is 0.175 e. The van der Waals surface area contributed by atoms with Crippen molar-refractivity contribution in [3.63, 3.8) is 0 Å². The molecule has 0 saturated heterocycles. The van der Waals surface area contributed by atoms with E-state index < -0.39 is 7.26 Å². The van der Waals surface area contributed by atoms with Crippen molar-refractivity contribution in [3.8, 4) is 11.5 Å². The quantitative estimate of drug-likeness (QED) is 0.193. The summed E-state index contributed by atoms with van der Waals surface area (Å²) in [6, 6.07) is 15.3. The third-order valence-electron chi connectivity index (χ3n) is 11.7. The van der Waals surface area contributed by atoms with Crippen LogP contribution in [-0.4, -0.2) is 41.0 Å². The van der Waals surface area contributed by atoms with Crippen molar-refractivity contribution in [2.45, 2.75) is 165 Å². The first-order valence-electron chi connectivity index (χ1n) is 19.5. The van der Waals surface area contributed by atoms with E-state index in [1.165, 1.54) is 22.6 Å². The van der Waals surface area contributed by atoms with Gasteiger partial charge in [-0.05, 0) is 177 Å². The summed E-state index contributed by atoms with van der Waals surface area (Å²) in [6.07, 6.45) is 32.1. The highest BCUT2D eigenvalue weighted by atomic mass is 32.1. The molecule has 0 atom stereocenters. The fourth-order valence-corrected chi connectivity index (χ4v) is 18.6. The number of hydrogen-bond acceptors (Lipinski definition) is 3. The first-order valence-corrected chi connectivity index (χ1v) is 22.0. The van der Waals surface area contributed by atoms with Gasteiger partial charge in [0.05, 0.1) is 35.8 Å². The van der Waals surface area contributed by atoms with Gasteiger partial charge in [-0.15, -0.1) is 0 Å². The van der Waals surface area contributed by atoms with Gasteiger partial charge < -0.3 is 20.1 Å². The van der Waals surface area contributed by atoms with Gasteiger partial charge in [0.2, 0.25) is 0 Å². The second-order valence-corrected chi connectivity index (χ2v) is 19.7. The lowest BCUT2D eigenvalue weighted by Crippen LogP contribution is -2.42. The van der Waals surface area contributed by atoms with Crippen molar-refractivity contribution >= 4 is 36.0 Å². The SMILES string of the molecule is C1CCC([P+](C2CCCCC2)(C2CCCCC2)C2CCCCC2)CC1.CCOc1ccc(NC(=S)Nc2ccc(OCC)cc2)cc1. The third kappa shape index (κ3) is 10.1. The lowest BCUT2D eigenvalue weighted by atomic mass is 9.98. The standard InChI is InChI=1S/C24H44P.C17H20N2O2S/c1-5-13-21(14-6-1)25(22-15-7-2-8-16-22,23-17-9-3-10-18-23)24-19-11-4-12-20-24;1-3-20-15-9-5-13(6-10-15)18-17(22)19-14-7-11-16(12-8-14)21-4-2/h21-24H,1-20H2;5-12H,3-4H2,1-2H3,(H2,18,19,22)/q+1;. The molecule has 0 heterocycles. The first-order chi connectivity index (χ1) is 23.1. The molecule has 0 unspecified atom stereocenters. The fraction of sp³-hybridized carbons (Fsp3) is 0.683. The molecule has 4 aliphatic carbocycles. The summed E-state index contributed by atoms with van der Waals surface area (Å²) in [5.41, 5.74) is 6.69. The Morgan fingerprint density at radius 3 is 1.04 bits per heavy atom. The molecule has 2 aromatic rings. The van der Waals surface area contributed by atoms with Gasteiger partial charge >= 0.3 is 0 Å². The Morgan fingerprint density at radius 2 is 0.787 bits per heavy atom. The van der Waals surface area contributed by atoms with Crippen LogP contribution >= 0.6 is 19.5 Å². The van der Waals surface area contributed by atoms with Crippen LogP contribution in [0.25, 0.3) is 0 Å². The molecule has 0 aliphatic heterocycles. The monoisotopic (exact) mass is 679 g/mol. The topological polar surface area (TPSA) is 42.5 Å². The summed E-state index contributed by atoms with van der Waals surface area (Å²) < 4.78 is 10.8. The highest BCUT2D eigenvalue weighted by Gasteiger charge is 2.61. The third-order valence-corrected chi connectivity index (χ3v) is 19.0. The maximum Gasteiger partial charge on any atom is 0.175 e. The Hall–Kier alpha value is -1.84. The van der Waals surface area contributed by atoms with E-state index in [1.807, 2.05) is 62.4 Å². The molecule has 4 saturated carbocycles. The molecule has 0 bridgehead atoms. The van der Waals surface area contributed by atoms with E-state index in [0.717, 1.165) is 22.9 Å². The minimum absolute atomic E-state index is 0.535. The Morgan fingerprint density at radius 1 is 0.511 bits per heavy atom. The highest BCUT2D eigenvalue weighted by Crippen LogP contribution is 2.81. The van der Waals surface area contributed by atoms with Crippen LogP contribution in [-0.2, 0) is 0 Å². The molecular weight excluding hydrogens is 616 g/mol. The van der Waals surface area contributed by atoms with E-state index in [-0.39, 0.29) is 0 Å². The van der Waals surface area contributed by atoms with E-state index >= 15 is 0 Å². The second kappa shape index (κ2) is 19.4. The normalized spacial score (nSPS) is 20.5. The van der Waals surface area contributed by atoms with E-state index in [4.69, 9.17) is 21.7 Å². The van der Waals surface area contributed by atoms with Crippen LogP contribution in [0, 0.1) is 0 Å². The molecule has 0 radical (unpaired) electrons. The van der Waals surface area contributed by atoms with Gasteiger partial charge in [-0.3, -0.25) is 0 Å². The maximum absolute atomic E-state index is 5.40.